The second kappa shape index (κ2) is 12.3. The standard InChI is InChI=1S/C28H36F3N3O3/c1-4-5-6-7-19(2)26(21-16-24-13-10-22(28(29,30)31)18-34(24)17-21)32-23-11-8-20(9-12-23)27(37)33(3)15-14-25(35)36/h8-13,17-19,24,26,32H,4-7,14-16H2,1-3H3,(H,35,36). The van der Waals surface area contributed by atoms with Gasteiger partial charge < -0.3 is 20.2 Å². The van der Waals surface area contributed by atoms with Gasteiger partial charge in [-0.3, -0.25) is 9.59 Å². The van der Waals surface area contributed by atoms with Gasteiger partial charge in [0.15, 0.2) is 0 Å². The average Bonchev–Trinajstić information content (AvgIpc) is 3.28. The van der Waals surface area contributed by atoms with E-state index in [0.717, 1.165) is 43.0 Å². The van der Waals surface area contributed by atoms with Crippen molar-refractivity contribution in [3.63, 3.8) is 0 Å². The zero-order valence-corrected chi connectivity index (χ0v) is 21.6. The number of hydrogen-bond acceptors (Lipinski definition) is 4. The summed E-state index contributed by atoms with van der Waals surface area (Å²) in [6.45, 7) is 4.43. The fourth-order valence-corrected chi connectivity index (χ4v) is 4.74. The highest BCUT2D eigenvalue weighted by molar-refractivity contribution is 5.94. The molecule has 37 heavy (non-hydrogen) atoms. The SMILES string of the molecule is CCCCCC(C)C(Nc1ccc(C(=O)N(C)CCC(=O)O)cc1)C1=CN2C=C(C(F)(F)F)C=CC2C1. The van der Waals surface area contributed by atoms with Crippen molar-refractivity contribution in [2.45, 2.75) is 70.6 Å². The van der Waals surface area contributed by atoms with Crippen LogP contribution in [-0.4, -0.2) is 58.6 Å². The molecule has 1 amide bonds. The van der Waals surface area contributed by atoms with Gasteiger partial charge in [-0.15, -0.1) is 0 Å². The number of alkyl halides is 3. The molecule has 0 bridgehead atoms. The summed E-state index contributed by atoms with van der Waals surface area (Å²) in [5.41, 5.74) is 1.66. The molecule has 2 heterocycles. The number of fused-ring (bicyclic) bond motifs is 1. The summed E-state index contributed by atoms with van der Waals surface area (Å²) in [5, 5.41) is 12.4. The first-order chi connectivity index (χ1) is 17.5. The molecule has 0 radical (unpaired) electrons. The van der Waals surface area contributed by atoms with Gasteiger partial charge in [0.05, 0.1) is 24.1 Å². The first-order valence-corrected chi connectivity index (χ1v) is 12.8. The predicted octanol–water partition coefficient (Wildman–Crippen LogP) is 6.20. The Morgan fingerprint density at radius 2 is 1.89 bits per heavy atom. The first kappa shape index (κ1) is 28.3. The van der Waals surface area contributed by atoms with E-state index in [-0.39, 0.29) is 36.9 Å². The molecule has 1 aromatic carbocycles. The van der Waals surface area contributed by atoms with Crippen LogP contribution in [0.2, 0.25) is 0 Å². The summed E-state index contributed by atoms with van der Waals surface area (Å²) in [6.07, 6.45) is 6.21. The third-order valence-electron chi connectivity index (χ3n) is 6.95. The van der Waals surface area contributed by atoms with Crippen molar-refractivity contribution < 1.29 is 27.9 Å². The second-order valence-electron chi connectivity index (χ2n) is 9.91. The maximum Gasteiger partial charge on any atom is 0.417 e. The number of carbonyl (C=O) groups excluding carboxylic acids is 1. The smallest absolute Gasteiger partial charge is 0.417 e. The minimum Gasteiger partial charge on any atom is -0.481 e. The molecule has 9 heteroatoms. The van der Waals surface area contributed by atoms with Crippen molar-refractivity contribution in [3.05, 3.63) is 65.5 Å². The summed E-state index contributed by atoms with van der Waals surface area (Å²) in [5.74, 6) is -0.972. The number of halogens is 3. The van der Waals surface area contributed by atoms with Gasteiger partial charge in [-0.2, -0.15) is 13.2 Å². The Labute approximate surface area is 216 Å². The van der Waals surface area contributed by atoms with Crippen LogP contribution in [0.1, 0.15) is 62.7 Å². The molecule has 0 saturated heterocycles. The Hall–Kier alpha value is -3.23. The fraction of sp³-hybridized carbons (Fsp3) is 0.500. The van der Waals surface area contributed by atoms with Crippen LogP contribution in [0.5, 0.6) is 0 Å². The molecule has 2 aliphatic heterocycles. The molecule has 6 nitrogen and oxygen atoms in total. The maximum atomic E-state index is 13.2. The van der Waals surface area contributed by atoms with Crippen LogP contribution in [-0.2, 0) is 4.79 Å². The Balaban J connectivity index is 1.76. The van der Waals surface area contributed by atoms with Crippen molar-refractivity contribution in [2.75, 3.05) is 18.9 Å². The Morgan fingerprint density at radius 3 is 2.51 bits per heavy atom. The largest absolute Gasteiger partial charge is 0.481 e. The van der Waals surface area contributed by atoms with Crippen molar-refractivity contribution in [2.24, 2.45) is 5.92 Å². The van der Waals surface area contributed by atoms with Gasteiger partial charge in [0.2, 0.25) is 0 Å². The molecule has 0 saturated carbocycles. The summed E-state index contributed by atoms with van der Waals surface area (Å²) < 4.78 is 39.7. The zero-order valence-electron chi connectivity index (χ0n) is 21.6. The average molecular weight is 520 g/mol. The van der Waals surface area contributed by atoms with Crippen molar-refractivity contribution in [1.29, 1.82) is 0 Å². The number of nitrogens with one attached hydrogen (secondary N) is 1. The van der Waals surface area contributed by atoms with Crippen LogP contribution in [0.15, 0.2) is 60.0 Å². The number of aliphatic carboxylic acids is 1. The van der Waals surface area contributed by atoms with E-state index in [1.165, 1.54) is 11.1 Å². The van der Waals surface area contributed by atoms with Gasteiger partial charge in [-0.25, -0.2) is 0 Å². The molecular formula is C28H36F3N3O3. The highest BCUT2D eigenvalue weighted by atomic mass is 19.4. The highest BCUT2D eigenvalue weighted by Gasteiger charge is 2.37. The number of carboxylic acid groups (broad SMARTS) is 1. The lowest BCUT2D eigenvalue weighted by molar-refractivity contribution is -0.137. The summed E-state index contributed by atoms with van der Waals surface area (Å²) in [6, 6.07) is 6.83. The predicted molar refractivity (Wildman–Crippen MR) is 138 cm³/mol. The van der Waals surface area contributed by atoms with E-state index in [1.54, 1.807) is 30.2 Å². The molecule has 3 atom stereocenters. The van der Waals surface area contributed by atoms with E-state index in [0.29, 0.717) is 12.0 Å². The lowest BCUT2D eigenvalue weighted by atomic mass is 9.88. The molecule has 1 aromatic rings. The number of carbonyl (C=O) groups is 2. The molecule has 2 aliphatic rings. The second-order valence-corrected chi connectivity index (χ2v) is 9.91. The zero-order chi connectivity index (χ0) is 27.2. The highest BCUT2D eigenvalue weighted by Crippen LogP contribution is 2.37. The summed E-state index contributed by atoms with van der Waals surface area (Å²) >= 11 is 0. The van der Waals surface area contributed by atoms with Gasteiger partial charge in [-0.1, -0.05) is 45.3 Å². The van der Waals surface area contributed by atoms with Gasteiger partial charge in [0.1, 0.15) is 0 Å². The number of amides is 1. The lowest BCUT2D eigenvalue weighted by Gasteiger charge is -2.28. The first-order valence-electron chi connectivity index (χ1n) is 12.8. The van der Waals surface area contributed by atoms with Crippen molar-refractivity contribution in [1.82, 2.24) is 9.80 Å². The van der Waals surface area contributed by atoms with Crippen LogP contribution in [0.3, 0.4) is 0 Å². The summed E-state index contributed by atoms with van der Waals surface area (Å²) in [7, 11) is 1.57. The van der Waals surface area contributed by atoms with Gasteiger partial charge in [0, 0.05) is 37.2 Å². The molecular weight excluding hydrogens is 483 g/mol. The lowest BCUT2D eigenvalue weighted by Crippen LogP contribution is -2.30. The minimum absolute atomic E-state index is 0.0709. The van der Waals surface area contributed by atoms with Crippen LogP contribution >= 0.6 is 0 Å². The van der Waals surface area contributed by atoms with E-state index in [4.69, 9.17) is 5.11 Å². The number of rotatable bonds is 12. The molecule has 3 rings (SSSR count). The van der Waals surface area contributed by atoms with Crippen molar-refractivity contribution in [3.8, 4) is 0 Å². The van der Waals surface area contributed by atoms with E-state index in [9.17, 15) is 22.8 Å². The number of unbranched alkanes of at least 4 members (excludes halogenated alkanes) is 2. The van der Waals surface area contributed by atoms with Crippen LogP contribution in [0.25, 0.3) is 0 Å². The molecule has 2 N–H and O–H groups in total. The van der Waals surface area contributed by atoms with Gasteiger partial charge in [0.25, 0.3) is 5.91 Å². The van der Waals surface area contributed by atoms with E-state index >= 15 is 0 Å². The van der Waals surface area contributed by atoms with E-state index in [1.807, 2.05) is 18.3 Å². The summed E-state index contributed by atoms with van der Waals surface area (Å²) in [4.78, 5) is 26.4. The Kier molecular flexibility index (Phi) is 9.45. The van der Waals surface area contributed by atoms with Crippen LogP contribution < -0.4 is 5.32 Å². The molecule has 3 unspecified atom stereocenters. The molecule has 0 spiro atoms. The van der Waals surface area contributed by atoms with Crippen LogP contribution in [0.4, 0.5) is 18.9 Å². The normalized spacial score (nSPS) is 18.5. The van der Waals surface area contributed by atoms with Crippen LogP contribution in [0, 0.1) is 5.92 Å². The number of benzene rings is 1. The monoisotopic (exact) mass is 519 g/mol. The van der Waals surface area contributed by atoms with Crippen molar-refractivity contribution >= 4 is 17.6 Å². The topological polar surface area (TPSA) is 72.9 Å². The Morgan fingerprint density at radius 1 is 1.19 bits per heavy atom. The molecule has 0 fully saturated rings. The molecule has 0 aromatic heterocycles. The quantitative estimate of drug-likeness (QED) is 0.322. The maximum absolute atomic E-state index is 13.2. The van der Waals surface area contributed by atoms with Gasteiger partial charge in [-0.05, 0) is 48.6 Å². The Bertz CT molecular complexity index is 1050. The third-order valence-corrected chi connectivity index (χ3v) is 6.95. The number of nitrogens with zero attached hydrogens (tertiary/aromatic N) is 2. The van der Waals surface area contributed by atoms with Gasteiger partial charge >= 0.3 is 12.1 Å². The minimum atomic E-state index is -4.38. The number of allylic oxidation sites excluding steroid dienone is 2. The fourth-order valence-electron chi connectivity index (χ4n) is 4.74. The van der Waals surface area contributed by atoms with E-state index < -0.39 is 17.7 Å². The third kappa shape index (κ3) is 7.63. The molecule has 0 aliphatic carbocycles. The number of anilines is 1. The van der Waals surface area contributed by atoms with E-state index in [2.05, 4.69) is 19.2 Å². The number of hydrogen-bond donors (Lipinski definition) is 2. The molecule has 202 valence electrons. The number of carboxylic acids is 1.